The predicted molar refractivity (Wildman–Crippen MR) is 68.6 cm³/mol. The lowest BCUT2D eigenvalue weighted by Gasteiger charge is -2.30. The van der Waals surface area contributed by atoms with Gasteiger partial charge >= 0.3 is 0 Å². The number of hydrogen-bond acceptors (Lipinski definition) is 3. The minimum atomic E-state index is -0.422. The maximum Gasteiger partial charge on any atom is 0.237 e. The van der Waals surface area contributed by atoms with Crippen molar-refractivity contribution in [3.63, 3.8) is 0 Å². The van der Waals surface area contributed by atoms with E-state index in [1.807, 2.05) is 0 Å². The van der Waals surface area contributed by atoms with Gasteiger partial charge in [0.05, 0.1) is 5.54 Å². The largest absolute Gasteiger partial charge is 0.368 e. The smallest absolute Gasteiger partial charge is 0.237 e. The third kappa shape index (κ3) is 2.63. The highest BCUT2D eigenvalue weighted by Gasteiger charge is 2.47. The van der Waals surface area contributed by atoms with Gasteiger partial charge in [-0.25, -0.2) is 0 Å². The molecule has 2 rings (SSSR count). The number of primary amides is 1. The molecule has 2 fully saturated rings. The van der Waals surface area contributed by atoms with Gasteiger partial charge in [0.1, 0.15) is 0 Å². The van der Waals surface area contributed by atoms with Crippen molar-refractivity contribution in [1.82, 2.24) is 10.2 Å². The highest BCUT2D eigenvalue weighted by molar-refractivity contribution is 5.85. The lowest BCUT2D eigenvalue weighted by atomic mass is 9.96. The van der Waals surface area contributed by atoms with Crippen molar-refractivity contribution >= 4 is 5.91 Å². The van der Waals surface area contributed by atoms with E-state index in [2.05, 4.69) is 24.1 Å². The van der Waals surface area contributed by atoms with Crippen LogP contribution in [-0.4, -0.2) is 41.5 Å². The summed E-state index contributed by atoms with van der Waals surface area (Å²) in [5, 5.41) is 3.50. The summed E-state index contributed by atoms with van der Waals surface area (Å²) < 4.78 is 0. The Morgan fingerprint density at radius 2 is 2.00 bits per heavy atom. The van der Waals surface area contributed by atoms with Gasteiger partial charge < -0.3 is 16.0 Å². The van der Waals surface area contributed by atoms with Gasteiger partial charge in [0.15, 0.2) is 0 Å². The third-order valence-corrected chi connectivity index (χ3v) is 4.35. The van der Waals surface area contributed by atoms with Crippen molar-refractivity contribution in [2.24, 2.45) is 5.73 Å². The molecular formula is C13H25N3O. The van der Waals surface area contributed by atoms with Crippen LogP contribution in [0.5, 0.6) is 0 Å². The van der Waals surface area contributed by atoms with Crippen molar-refractivity contribution in [2.45, 2.75) is 63.6 Å². The quantitative estimate of drug-likeness (QED) is 0.722. The van der Waals surface area contributed by atoms with Gasteiger partial charge in [0, 0.05) is 12.1 Å². The van der Waals surface area contributed by atoms with E-state index in [0.717, 1.165) is 32.4 Å². The Labute approximate surface area is 104 Å². The molecule has 0 heterocycles. The predicted octanol–water partition coefficient (Wildman–Crippen LogP) is 0.857. The summed E-state index contributed by atoms with van der Waals surface area (Å²) in [7, 11) is 0. The van der Waals surface area contributed by atoms with Gasteiger partial charge in [0.2, 0.25) is 5.91 Å². The fourth-order valence-electron chi connectivity index (χ4n) is 3.12. The fourth-order valence-corrected chi connectivity index (χ4v) is 3.12. The first kappa shape index (κ1) is 12.8. The van der Waals surface area contributed by atoms with Crippen molar-refractivity contribution in [2.75, 3.05) is 13.1 Å². The molecule has 4 heteroatoms. The van der Waals surface area contributed by atoms with Crippen LogP contribution in [0.1, 0.15) is 46.0 Å². The maximum atomic E-state index is 11.8. The van der Waals surface area contributed by atoms with Crippen LogP contribution in [0.2, 0.25) is 0 Å². The van der Waals surface area contributed by atoms with Gasteiger partial charge in [-0.05, 0) is 45.2 Å². The molecule has 0 radical (unpaired) electrons. The molecule has 0 aromatic heterocycles. The van der Waals surface area contributed by atoms with Gasteiger partial charge in [-0.15, -0.1) is 0 Å². The monoisotopic (exact) mass is 239 g/mol. The van der Waals surface area contributed by atoms with Crippen molar-refractivity contribution < 1.29 is 4.79 Å². The van der Waals surface area contributed by atoms with E-state index in [9.17, 15) is 4.79 Å². The molecule has 4 nitrogen and oxygen atoms in total. The Bertz CT molecular complexity index is 286. The zero-order valence-corrected chi connectivity index (χ0v) is 11.0. The molecule has 2 aliphatic carbocycles. The van der Waals surface area contributed by atoms with E-state index in [4.69, 9.17) is 5.73 Å². The van der Waals surface area contributed by atoms with Crippen molar-refractivity contribution in [3.8, 4) is 0 Å². The molecule has 2 aliphatic rings. The molecule has 2 atom stereocenters. The SMILES string of the molecule is CCN(CC)C1CCC(NC2CC2)(C(N)=O)C1. The standard InChI is InChI=1S/C13H25N3O/c1-3-16(4-2)11-7-8-13(9-11,12(14)17)15-10-5-6-10/h10-11,15H,3-9H2,1-2H3,(H2,14,17). The molecule has 3 N–H and O–H groups in total. The highest BCUT2D eigenvalue weighted by atomic mass is 16.1. The van der Waals surface area contributed by atoms with E-state index >= 15 is 0 Å². The highest BCUT2D eigenvalue weighted by Crippen LogP contribution is 2.36. The van der Waals surface area contributed by atoms with E-state index in [0.29, 0.717) is 12.1 Å². The first-order chi connectivity index (χ1) is 8.11. The number of nitrogens with one attached hydrogen (secondary N) is 1. The Hall–Kier alpha value is -0.610. The number of carbonyl (C=O) groups is 1. The van der Waals surface area contributed by atoms with E-state index in [1.54, 1.807) is 0 Å². The number of hydrogen-bond donors (Lipinski definition) is 2. The second-order valence-corrected chi connectivity index (χ2v) is 5.48. The summed E-state index contributed by atoms with van der Waals surface area (Å²) in [5.41, 5.74) is 5.21. The molecule has 0 saturated heterocycles. The molecule has 0 aromatic carbocycles. The Balaban J connectivity index is 2.02. The van der Waals surface area contributed by atoms with Crippen LogP contribution >= 0.6 is 0 Å². The Kier molecular flexibility index (Phi) is 3.73. The minimum Gasteiger partial charge on any atom is -0.368 e. The molecular weight excluding hydrogens is 214 g/mol. The lowest BCUT2D eigenvalue weighted by Crippen LogP contribution is -2.55. The van der Waals surface area contributed by atoms with Crippen LogP contribution in [0.3, 0.4) is 0 Å². The lowest BCUT2D eigenvalue weighted by molar-refractivity contribution is -0.124. The summed E-state index contributed by atoms with van der Waals surface area (Å²) in [6.07, 6.45) is 5.28. The number of rotatable bonds is 6. The van der Waals surface area contributed by atoms with Crippen molar-refractivity contribution in [1.29, 1.82) is 0 Å². The molecule has 0 aliphatic heterocycles. The molecule has 1 amide bonds. The molecule has 0 aromatic rings. The van der Waals surface area contributed by atoms with Gasteiger partial charge in [-0.1, -0.05) is 13.8 Å². The average molecular weight is 239 g/mol. The van der Waals surface area contributed by atoms with Gasteiger partial charge in [0.25, 0.3) is 0 Å². The van der Waals surface area contributed by atoms with Gasteiger partial charge in [-0.2, -0.15) is 0 Å². The maximum absolute atomic E-state index is 11.8. The van der Waals surface area contributed by atoms with E-state index < -0.39 is 5.54 Å². The first-order valence-corrected chi connectivity index (χ1v) is 6.93. The topological polar surface area (TPSA) is 58.4 Å². The third-order valence-electron chi connectivity index (χ3n) is 4.35. The minimum absolute atomic E-state index is 0.154. The molecule has 2 saturated carbocycles. The summed E-state index contributed by atoms with van der Waals surface area (Å²) in [4.78, 5) is 14.2. The fraction of sp³-hybridized carbons (Fsp3) is 0.923. The molecule has 17 heavy (non-hydrogen) atoms. The molecule has 2 unspecified atom stereocenters. The normalized spacial score (nSPS) is 33.2. The second-order valence-electron chi connectivity index (χ2n) is 5.48. The summed E-state index contributed by atoms with van der Waals surface area (Å²) in [5.74, 6) is -0.154. The van der Waals surface area contributed by atoms with Crippen LogP contribution < -0.4 is 11.1 Å². The average Bonchev–Trinajstić information content (AvgIpc) is 3.00. The number of nitrogens with two attached hydrogens (primary N) is 1. The van der Waals surface area contributed by atoms with Crippen LogP contribution in [-0.2, 0) is 4.79 Å². The molecule has 0 bridgehead atoms. The first-order valence-electron chi connectivity index (χ1n) is 6.93. The van der Waals surface area contributed by atoms with E-state index in [-0.39, 0.29) is 5.91 Å². The second kappa shape index (κ2) is 4.94. The zero-order chi connectivity index (χ0) is 12.5. The Morgan fingerprint density at radius 1 is 1.35 bits per heavy atom. The van der Waals surface area contributed by atoms with Crippen LogP contribution in [0.15, 0.2) is 0 Å². The van der Waals surface area contributed by atoms with E-state index in [1.165, 1.54) is 12.8 Å². The van der Waals surface area contributed by atoms with Crippen LogP contribution in [0.25, 0.3) is 0 Å². The zero-order valence-electron chi connectivity index (χ0n) is 11.0. The number of amides is 1. The van der Waals surface area contributed by atoms with Gasteiger partial charge in [-0.3, -0.25) is 4.79 Å². The molecule has 0 spiro atoms. The Morgan fingerprint density at radius 3 is 2.47 bits per heavy atom. The number of carbonyl (C=O) groups excluding carboxylic acids is 1. The number of nitrogens with zero attached hydrogens (tertiary/aromatic N) is 1. The van der Waals surface area contributed by atoms with Crippen LogP contribution in [0, 0.1) is 0 Å². The van der Waals surface area contributed by atoms with Crippen molar-refractivity contribution in [3.05, 3.63) is 0 Å². The summed E-state index contributed by atoms with van der Waals surface area (Å²) >= 11 is 0. The van der Waals surface area contributed by atoms with Crippen LogP contribution in [0.4, 0.5) is 0 Å². The summed E-state index contributed by atoms with van der Waals surface area (Å²) in [6.45, 7) is 6.48. The summed E-state index contributed by atoms with van der Waals surface area (Å²) in [6, 6.07) is 1.06. The molecule has 98 valence electrons.